The van der Waals surface area contributed by atoms with E-state index in [4.69, 9.17) is 0 Å². The van der Waals surface area contributed by atoms with Crippen LogP contribution in [0.4, 0.5) is 0 Å². The highest BCUT2D eigenvalue weighted by molar-refractivity contribution is 6.06. The van der Waals surface area contributed by atoms with Crippen molar-refractivity contribution in [1.29, 1.82) is 0 Å². The molecule has 204 valence electrons. The second kappa shape index (κ2) is 10.8. The number of hydrogen-bond donors (Lipinski definition) is 0. The standard InChI is InChI=1S/C42H36/c1-3-14-29(15-4-1)32-26-33(30-16-5-2-6-17-30)28-34(27-32)41-37-21-9-11-23-39(37)42(40-24-12-10-22-38(40)41)36-25-13-19-31-18-7-8-20-35(31)36/h1,3-5,9,11,13-14,16-29H,2,6-8,10,12,15H2. The predicted molar refractivity (Wildman–Crippen MR) is 182 cm³/mol. The Morgan fingerprint density at radius 3 is 2.07 bits per heavy atom. The smallest absolute Gasteiger partial charge is 0.00561 e. The summed E-state index contributed by atoms with van der Waals surface area (Å²) in [5.41, 5.74) is 9.61. The van der Waals surface area contributed by atoms with E-state index in [1.54, 1.807) is 0 Å². The topological polar surface area (TPSA) is 0 Å². The largest absolute Gasteiger partial charge is 0.0836 e. The molecule has 0 heteroatoms. The number of allylic oxidation sites excluding steroid dienone is 8. The quantitative estimate of drug-likeness (QED) is 0.245. The zero-order valence-corrected chi connectivity index (χ0v) is 24.2. The molecule has 8 rings (SSSR count). The molecule has 4 aromatic rings. The van der Waals surface area contributed by atoms with Crippen LogP contribution in [0.2, 0.25) is 0 Å². The molecule has 0 saturated carbocycles. The van der Waals surface area contributed by atoms with Gasteiger partial charge in [-0.3, -0.25) is 0 Å². The van der Waals surface area contributed by atoms with E-state index in [0.717, 1.165) is 44.9 Å². The van der Waals surface area contributed by atoms with Crippen LogP contribution in [-0.4, -0.2) is 0 Å². The van der Waals surface area contributed by atoms with Crippen LogP contribution in [0, 0.1) is 0 Å². The summed E-state index contributed by atoms with van der Waals surface area (Å²) in [7, 11) is 0. The summed E-state index contributed by atoms with van der Waals surface area (Å²) in [5, 5.41) is 8.30. The van der Waals surface area contributed by atoms with Crippen molar-refractivity contribution in [3.63, 3.8) is 0 Å². The monoisotopic (exact) mass is 540 g/mol. The fraction of sp³-hybridized carbons (Fsp3) is 0.190. The van der Waals surface area contributed by atoms with Crippen LogP contribution in [-0.2, 0) is 0 Å². The van der Waals surface area contributed by atoms with Crippen molar-refractivity contribution in [1.82, 2.24) is 0 Å². The maximum Gasteiger partial charge on any atom is 0.00561 e. The molecule has 0 radical (unpaired) electrons. The molecule has 4 aromatic carbocycles. The summed E-state index contributed by atoms with van der Waals surface area (Å²) >= 11 is 0. The van der Waals surface area contributed by atoms with Crippen LogP contribution in [0.15, 0.2) is 103 Å². The van der Waals surface area contributed by atoms with E-state index in [0.29, 0.717) is 5.92 Å². The molecule has 0 aromatic heterocycles. The summed E-state index contributed by atoms with van der Waals surface area (Å²) in [4.78, 5) is 0. The van der Waals surface area contributed by atoms with Crippen molar-refractivity contribution in [2.45, 2.75) is 50.9 Å². The molecule has 0 spiro atoms. The summed E-state index contributed by atoms with van der Waals surface area (Å²) in [6.07, 6.45) is 33.8. The van der Waals surface area contributed by atoms with Gasteiger partial charge in [-0.1, -0.05) is 121 Å². The number of rotatable bonds is 4. The van der Waals surface area contributed by atoms with Crippen LogP contribution in [0.5, 0.6) is 0 Å². The van der Waals surface area contributed by atoms with Gasteiger partial charge in [0.1, 0.15) is 0 Å². The number of hydrogen-bond acceptors (Lipinski definition) is 0. The van der Waals surface area contributed by atoms with Crippen molar-refractivity contribution in [3.05, 3.63) is 135 Å². The highest BCUT2D eigenvalue weighted by Crippen LogP contribution is 2.36. The van der Waals surface area contributed by atoms with Gasteiger partial charge in [0.05, 0.1) is 0 Å². The van der Waals surface area contributed by atoms with E-state index >= 15 is 0 Å². The molecule has 0 N–H and O–H groups in total. The lowest BCUT2D eigenvalue weighted by Gasteiger charge is -2.21. The molecule has 0 fully saturated rings. The lowest BCUT2D eigenvalue weighted by atomic mass is 9.82. The molecule has 4 aliphatic carbocycles. The Hall–Kier alpha value is -4.42. The fourth-order valence-corrected chi connectivity index (χ4v) is 7.46. The highest BCUT2D eigenvalue weighted by Gasteiger charge is 2.19. The summed E-state index contributed by atoms with van der Waals surface area (Å²) < 4.78 is 0. The third-order valence-corrected chi connectivity index (χ3v) is 9.43. The van der Waals surface area contributed by atoms with E-state index in [2.05, 4.69) is 127 Å². The molecule has 4 aliphatic rings. The minimum absolute atomic E-state index is 0.404. The first-order chi connectivity index (χ1) is 20.8. The van der Waals surface area contributed by atoms with E-state index in [1.807, 2.05) is 0 Å². The summed E-state index contributed by atoms with van der Waals surface area (Å²) in [5.74, 6) is 0.404. The van der Waals surface area contributed by atoms with Gasteiger partial charge in [-0.25, -0.2) is 0 Å². The maximum atomic E-state index is 2.52. The van der Waals surface area contributed by atoms with Crippen LogP contribution in [0.1, 0.15) is 62.0 Å². The third kappa shape index (κ3) is 4.38. The summed E-state index contributed by atoms with van der Waals surface area (Å²) in [6.45, 7) is 0. The van der Waals surface area contributed by atoms with Crippen molar-refractivity contribution in [3.8, 4) is 22.3 Å². The van der Waals surface area contributed by atoms with Gasteiger partial charge >= 0.3 is 0 Å². The zero-order chi connectivity index (χ0) is 27.9. The van der Waals surface area contributed by atoms with Crippen molar-refractivity contribution < 1.29 is 0 Å². The van der Waals surface area contributed by atoms with Crippen molar-refractivity contribution in [2.75, 3.05) is 0 Å². The van der Waals surface area contributed by atoms with Gasteiger partial charge in [-0.2, -0.15) is 0 Å². The Bertz CT molecular complexity index is 2110. The average Bonchev–Trinajstić information content (AvgIpc) is 3.07. The number of benzene rings is 4. The van der Waals surface area contributed by atoms with Gasteiger partial charge in [0.25, 0.3) is 0 Å². The Balaban J connectivity index is 1.46. The molecular formula is C42H36. The first kappa shape index (κ1) is 25.3. The normalized spacial score (nSPS) is 18.7. The van der Waals surface area contributed by atoms with Crippen molar-refractivity contribution >= 4 is 40.6 Å². The SMILES string of the molecule is C1=CCC(c2cc(C3=CCCC=C3)cc(-c3c4c(c(-c5cccc6c5=CCCC=6)c5ccccc35)=CCCC=4)c2)C=C1. The van der Waals surface area contributed by atoms with Gasteiger partial charge in [-0.15, -0.1) is 0 Å². The molecule has 1 atom stereocenters. The summed E-state index contributed by atoms with van der Waals surface area (Å²) in [6, 6.07) is 23.4. The van der Waals surface area contributed by atoms with E-state index < -0.39 is 0 Å². The first-order valence-corrected chi connectivity index (χ1v) is 15.8. The molecule has 0 amide bonds. The van der Waals surface area contributed by atoms with Gasteiger partial charge in [0.2, 0.25) is 0 Å². The third-order valence-electron chi connectivity index (χ3n) is 9.43. The molecule has 0 nitrogen and oxygen atoms in total. The average molecular weight is 541 g/mol. The molecule has 0 aliphatic heterocycles. The zero-order valence-electron chi connectivity index (χ0n) is 24.2. The van der Waals surface area contributed by atoms with Gasteiger partial charge in [0, 0.05) is 5.92 Å². The fourth-order valence-electron chi connectivity index (χ4n) is 7.46. The first-order valence-electron chi connectivity index (χ1n) is 15.8. The Morgan fingerprint density at radius 1 is 0.548 bits per heavy atom. The van der Waals surface area contributed by atoms with E-state index in [-0.39, 0.29) is 0 Å². The van der Waals surface area contributed by atoms with E-state index in [9.17, 15) is 0 Å². The van der Waals surface area contributed by atoms with Crippen LogP contribution >= 0.6 is 0 Å². The minimum atomic E-state index is 0.404. The molecule has 0 heterocycles. The van der Waals surface area contributed by atoms with Crippen LogP contribution < -0.4 is 20.9 Å². The molecular weight excluding hydrogens is 504 g/mol. The second-order valence-corrected chi connectivity index (χ2v) is 12.0. The molecule has 1 unspecified atom stereocenters. The minimum Gasteiger partial charge on any atom is -0.0836 e. The lowest BCUT2D eigenvalue weighted by Crippen LogP contribution is -2.35. The van der Waals surface area contributed by atoms with Crippen LogP contribution in [0.25, 0.3) is 62.9 Å². The molecule has 0 saturated heterocycles. The lowest BCUT2D eigenvalue weighted by molar-refractivity contribution is 0.853. The molecule has 0 bridgehead atoms. The van der Waals surface area contributed by atoms with Gasteiger partial charge in [0.15, 0.2) is 0 Å². The molecule has 42 heavy (non-hydrogen) atoms. The Labute approximate surface area is 248 Å². The second-order valence-electron chi connectivity index (χ2n) is 12.0. The van der Waals surface area contributed by atoms with E-state index in [1.165, 1.54) is 70.6 Å². The maximum absolute atomic E-state index is 2.52. The van der Waals surface area contributed by atoms with Gasteiger partial charge < -0.3 is 0 Å². The predicted octanol–water partition coefficient (Wildman–Crippen LogP) is 8.22. The van der Waals surface area contributed by atoms with Crippen LogP contribution in [0.3, 0.4) is 0 Å². The van der Waals surface area contributed by atoms with Gasteiger partial charge in [-0.05, 0) is 122 Å². The Morgan fingerprint density at radius 2 is 1.29 bits per heavy atom. The highest BCUT2D eigenvalue weighted by atomic mass is 14.2. The Kier molecular flexibility index (Phi) is 6.49. The number of fused-ring (bicyclic) bond motifs is 3. The van der Waals surface area contributed by atoms with Crippen molar-refractivity contribution in [2.24, 2.45) is 0 Å².